The van der Waals surface area contributed by atoms with Crippen molar-refractivity contribution in [1.82, 2.24) is 15.1 Å². The van der Waals surface area contributed by atoms with Crippen LogP contribution in [-0.2, 0) is 35.1 Å². The van der Waals surface area contributed by atoms with Crippen LogP contribution in [0.1, 0.15) is 65.9 Å². The Morgan fingerprint density at radius 3 is 2.40 bits per heavy atom. The number of methoxy groups -OCH3 is 1. The van der Waals surface area contributed by atoms with Crippen molar-refractivity contribution in [3.8, 4) is 5.75 Å². The molecule has 0 spiro atoms. The van der Waals surface area contributed by atoms with Crippen LogP contribution in [0.4, 0.5) is 4.79 Å². The SMILES string of the molecule is CCCCOCCCNC(=O)C[C@@H]1C(=O)N(Cc2ccc(OC)cc2)C2=CCN(C(=O)OC(C)(C)C)C[C@]21C(=O)OCC. The number of carbonyl (C=O) groups excluding carboxylic acids is 4. The number of unbranched alkanes of at least 4 members (excludes halogenated alkanes) is 1. The summed E-state index contributed by atoms with van der Waals surface area (Å²) in [6.07, 6.45) is 3.50. The summed E-state index contributed by atoms with van der Waals surface area (Å²) in [4.78, 5) is 57.3. The zero-order valence-corrected chi connectivity index (χ0v) is 26.4. The molecule has 0 saturated carbocycles. The van der Waals surface area contributed by atoms with Gasteiger partial charge in [-0.3, -0.25) is 14.4 Å². The van der Waals surface area contributed by atoms with Gasteiger partial charge < -0.3 is 34.1 Å². The maximum atomic E-state index is 14.1. The molecule has 0 aliphatic carbocycles. The molecule has 0 unspecified atom stereocenters. The lowest BCUT2D eigenvalue weighted by molar-refractivity contribution is -0.158. The van der Waals surface area contributed by atoms with Crippen LogP contribution in [0.3, 0.4) is 0 Å². The molecule has 3 rings (SSSR count). The number of fused-ring (bicyclic) bond motifs is 1. The van der Waals surface area contributed by atoms with Crippen molar-refractivity contribution >= 4 is 23.9 Å². The van der Waals surface area contributed by atoms with Crippen LogP contribution in [0, 0.1) is 11.3 Å². The predicted octanol–water partition coefficient (Wildman–Crippen LogP) is 4.05. The second-order valence-corrected chi connectivity index (χ2v) is 11.8. The Kier molecular flexibility index (Phi) is 12.0. The van der Waals surface area contributed by atoms with E-state index < -0.39 is 29.0 Å². The number of likely N-dealkylation sites (tertiary alicyclic amines) is 1. The number of amides is 3. The second kappa shape index (κ2) is 15.2. The van der Waals surface area contributed by atoms with Crippen LogP contribution in [0.2, 0.25) is 0 Å². The molecule has 1 aromatic rings. The fourth-order valence-corrected chi connectivity index (χ4v) is 5.37. The van der Waals surface area contributed by atoms with Crippen LogP contribution in [0.25, 0.3) is 0 Å². The number of nitrogens with zero attached hydrogens (tertiary/aromatic N) is 2. The van der Waals surface area contributed by atoms with Crippen molar-refractivity contribution in [2.24, 2.45) is 11.3 Å². The van der Waals surface area contributed by atoms with Crippen molar-refractivity contribution in [3.63, 3.8) is 0 Å². The quantitative estimate of drug-likeness (QED) is 0.250. The van der Waals surface area contributed by atoms with E-state index in [2.05, 4.69) is 12.2 Å². The summed E-state index contributed by atoms with van der Waals surface area (Å²) in [5, 5.41) is 2.87. The molecule has 2 atom stereocenters. The maximum Gasteiger partial charge on any atom is 0.410 e. The van der Waals surface area contributed by atoms with Crippen LogP contribution < -0.4 is 10.1 Å². The monoisotopic (exact) mass is 601 g/mol. The molecular weight excluding hydrogens is 554 g/mol. The number of nitrogens with one attached hydrogen (secondary N) is 1. The average Bonchev–Trinajstić information content (AvgIpc) is 3.19. The maximum absolute atomic E-state index is 14.1. The van der Waals surface area contributed by atoms with E-state index in [9.17, 15) is 19.2 Å². The van der Waals surface area contributed by atoms with Gasteiger partial charge >= 0.3 is 12.1 Å². The lowest BCUT2D eigenvalue weighted by Crippen LogP contribution is -2.54. The highest BCUT2D eigenvalue weighted by Gasteiger charge is 2.64. The number of rotatable bonds is 14. The summed E-state index contributed by atoms with van der Waals surface area (Å²) < 4.78 is 22.0. The molecule has 3 amide bonds. The minimum Gasteiger partial charge on any atom is -0.497 e. The predicted molar refractivity (Wildman–Crippen MR) is 160 cm³/mol. The van der Waals surface area contributed by atoms with Gasteiger partial charge in [-0.1, -0.05) is 25.5 Å². The standard InChI is InChI=1S/C32H47N3O8/c1-7-9-18-41-19-10-16-33-27(36)20-25-28(37)35(21-23-11-13-24(40-6)14-12-23)26-15-17-34(30(39)43-31(3,4)5)22-32(25,26)29(38)42-8-2/h11-15,25H,7-10,16-22H2,1-6H3,(H,33,36)/t25-,32-/m1/s1. The number of esters is 1. The number of carbonyl (C=O) groups is 4. The largest absolute Gasteiger partial charge is 0.497 e. The Hall–Kier alpha value is -3.60. The van der Waals surface area contributed by atoms with E-state index in [0.717, 1.165) is 18.4 Å². The third kappa shape index (κ3) is 8.49. The first-order valence-electron chi connectivity index (χ1n) is 15.1. The zero-order valence-electron chi connectivity index (χ0n) is 26.4. The fourth-order valence-electron chi connectivity index (χ4n) is 5.37. The lowest BCUT2D eigenvalue weighted by atomic mass is 9.71. The smallest absolute Gasteiger partial charge is 0.410 e. The molecule has 1 fully saturated rings. The van der Waals surface area contributed by atoms with Gasteiger partial charge in [-0.25, -0.2) is 4.79 Å². The van der Waals surface area contributed by atoms with Gasteiger partial charge in [0.15, 0.2) is 0 Å². The molecule has 11 heteroatoms. The summed E-state index contributed by atoms with van der Waals surface area (Å²) in [6.45, 7) is 10.9. The molecule has 2 heterocycles. The van der Waals surface area contributed by atoms with Gasteiger partial charge in [-0.05, 0) is 64.3 Å². The Morgan fingerprint density at radius 1 is 1.07 bits per heavy atom. The topological polar surface area (TPSA) is 124 Å². The molecule has 1 aromatic carbocycles. The van der Waals surface area contributed by atoms with Gasteiger partial charge in [0.1, 0.15) is 16.8 Å². The number of hydrogen-bond acceptors (Lipinski definition) is 8. The summed E-state index contributed by atoms with van der Waals surface area (Å²) >= 11 is 0. The molecule has 1 saturated heterocycles. The molecule has 11 nitrogen and oxygen atoms in total. The van der Waals surface area contributed by atoms with Crippen molar-refractivity contribution in [1.29, 1.82) is 0 Å². The van der Waals surface area contributed by atoms with Crippen molar-refractivity contribution in [2.75, 3.05) is 46.6 Å². The highest BCUT2D eigenvalue weighted by molar-refractivity contribution is 5.99. The highest BCUT2D eigenvalue weighted by atomic mass is 16.6. The minimum absolute atomic E-state index is 0.0733. The molecule has 2 aliphatic heterocycles. The first-order valence-corrected chi connectivity index (χ1v) is 15.1. The van der Waals surface area contributed by atoms with Gasteiger partial charge in [0.25, 0.3) is 0 Å². The highest BCUT2D eigenvalue weighted by Crippen LogP contribution is 2.51. The van der Waals surface area contributed by atoms with E-state index in [1.807, 2.05) is 12.1 Å². The molecule has 1 N–H and O–H groups in total. The summed E-state index contributed by atoms with van der Waals surface area (Å²) in [6, 6.07) is 7.28. The number of ether oxygens (including phenoxy) is 4. The zero-order chi connectivity index (χ0) is 31.6. The molecule has 238 valence electrons. The van der Waals surface area contributed by atoms with Gasteiger partial charge in [0.05, 0.1) is 26.2 Å². The second-order valence-electron chi connectivity index (χ2n) is 11.8. The first-order chi connectivity index (χ1) is 20.5. The number of hydrogen-bond donors (Lipinski definition) is 1. The van der Waals surface area contributed by atoms with E-state index in [1.54, 1.807) is 57.9 Å². The van der Waals surface area contributed by atoms with Gasteiger partial charge in [-0.2, -0.15) is 0 Å². The third-order valence-electron chi connectivity index (χ3n) is 7.46. The van der Waals surface area contributed by atoms with E-state index in [4.69, 9.17) is 18.9 Å². The van der Waals surface area contributed by atoms with E-state index in [1.165, 1.54) is 4.90 Å². The van der Waals surface area contributed by atoms with Crippen LogP contribution in [-0.4, -0.2) is 85.8 Å². The van der Waals surface area contributed by atoms with Crippen molar-refractivity contribution in [3.05, 3.63) is 41.6 Å². The van der Waals surface area contributed by atoms with Crippen LogP contribution in [0.15, 0.2) is 36.0 Å². The molecule has 43 heavy (non-hydrogen) atoms. The summed E-state index contributed by atoms with van der Waals surface area (Å²) in [5.74, 6) is -1.80. The van der Waals surface area contributed by atoms with E-state index in [-0.39, 0.29) is 44.5 Å². The normalized spacial score (nSPS) is 19.9. The third-order valence-corrected chi connectivity index (χ3v) is 7.46. The minimum atomic E-state index is -1.57. The molecule has 0 aromatic heterocycles. The van der Waals surface area contributed by atoms with E-state index >= 15 is 0 Å². The van der Waals surface area contributed by atoms with Crippen molar-refractivity contribution < 1.29 is 38.1 Å². The van der Waals surface area contributed by atoms with E-state index in [0.29, 0.717) is 37.6 Å². The molecular formula is C32H47N3O8. The first kappa shape index (κ1) is 33.9. The van der Waals surface area contributed by atoms with Crippen molar-refractivity contribution in [2.45, 2.75) is 72.4 Å². The van der Waals surface area contributed by atoms with Gasteiger partial charge in [-0.15, -0.1) is 0 Å². The molecule has 0 radical (unpaired) electrons. The summed E-state index contributed by atoms with van der Waals surface area (Å²) in [7, 11) is 1.57. The Bertz CT molecular complexity index is 1160. The molecule has 0 bridgehead atoms. The Morgan fingerprint density at radius 2 is 1.77 bits per heavy atom. The lowest BCUT2D eigenvalue weighted by Gasteiger charge is -2.40. The Labute approximate surface area is 254 Å². The summed E-state index contributed by atoms with van der Waals surface area (Å²) in [5.41, 5.74) is -1.08. The number of benzene rings is 1. The van der Waals surface area contributed by atoms with Gasteiger partial charge in [0, 0.05) is 45.0 Å². The van der Waals surface area contributed by atoms with Crippen LogP contribution >= 0.6 is 0 Å². The van der Waals surface area contributed by atoms with Crippen LogP contribution in [0.5, 0.6) is 5.75 Å². The molecule has 2 aliphatic rings. The Balaban J connectivity index is 1.92. The fraction of sp³-hybridized carbons (Fsp3) is 0.625. The average molecular weight is 602 g/mol. The van der Waals surface area contributed by atoms with Gasteiger partial charge in [0.2, 0.25) is 11.8 Å².